The second-order valence-electron chi connectivity index (χ2n) is 4.22. The van der Waals surface area contributed by atoms with Crippen molar-refractivity contribution in [2.24, 2.45) is 0 Å². The highest BCUT2D eigenvalue weighted by molar-refractivity contribution is 7.84. The van der Waals surface area contributed by atoms with Gasteiger partial charge in [0.15, 0.2) is 0 Å². The normalized spacial score (nSPS) is 12.7. The van der Waals surface area contributed by atoms with Crippen LogP contribution in [0, 0.1) is 13.8 Å². The van der Waals surface area contributed by atoms with Gasteiger partial charge in [-0.2, -0.15) is 0 Å². The van der Waals surface area contributed by atoms with Crippen LogP contribution in [-0.2, 0) is 15.5 Å². The summed E-state index contributed by atoms with van der Waals surface area (Å²) in [5, 5.41) is 0.858. The third-order valence-corrected chi connectivity index (χ3v) is 3.99. The summed E-state index contributed by atoms with van der Waals surface area (Å²) in [5.41, 5.74) is 3.14. The van der Waals surface area contributed by atoms with Crippen LogP contribution >= 0.6 is 0 Å². The van der Waals surface area contributed by atoms with Crippen LogP contribution in [0.2, 0.25) is 0 Å². The smallest absolute Gasteiger partial charge is 0.355 e. The molecular weight excluding hydrogens is 250 g/mol. The number of aromatic amines is 1. The number of fused-ring (bicyclic) bond motifs is 1. The standard InChI is InChI=1S/C13H15NO3S/c1-7-5-6-8(2)10-9(7)12(18(4)16)11(14-10)13(15)17-3/h5-6,14H,1-4H3. The van der Waals surface area contributed by atoms with Gasteiger partial charge < -0.3 is 9.72 Å². The van der Waals surface area contributed by atoms with Gasteiger partial charge in [-0.05, 0) is 25.0 Å². The SMILES string of the molecule is COC(=O)c1[nH]c2c(C)ccc(C)c2c1S(C)=O. The minimum atomic E-state index is -1.26. The van der Waals surface area contributed by atoms with Gasteiger partial charge in [0.1, 0.15) is 5.69 Å². The average molecular weight is 265 g/mol. The molecule has 0 aliphatic carbocycles. The van der Waals surface area contributed by atoms with Crippen LogP contribution in [0.1, 0.15) is 21.6 Å². The zero-order chi connectivity index (χ0) is 13.4. The number of aromatic nitrogens is 1. The Morgan fingerprint density at radius 2 is 1.89 bits per heavy atom. The number of esters is 1. The fourth-order valence-electron chi connectivity index (χ4n) is 2.10. The van der Waals surface area contributed by atoms with Gasteiger partial charge in [0.05, 0.1) is 28.3 Å². The summed E-state index contributed by atoms with van der Waals surface area (Å²) in [7, 11) is 0.0586. The molecule has 1 N–H and O–H groups in total. The molecule has 1 heterocycles. The highest BCUT2D eigenvalue weighted by atomic mass is 32.2. The molecule has 0 fully saturated rings. The van der Waals surface area contributed by atoms with Gasteiger partial charge in [0.2, 0.25) is 0 Å². The summed E-state index contributed by atoms with van der Waals surface area (Å²) in [4.78, 5) is 15.3. The summed E-state index contributed by atoms with van der Waals surface area (Å²) in [5.74, 6) is -0.491. The van der Waals surface area contributed by atoms with Crippen LogP contribution < -0.4 is 0 Å². The molecule has 0 aliphatic heterocycles. The third-order valence-electron chi connectivity index (χ3n) is 3.00. The Balaban J connectivity index is 2.93. The van der Waals surface area contributed by atoms with E-state index in [4.69, 9.17) is 4.74 Å². The van der Waals surface area contributed by atoms with E-state index in [1.54, 1.807) is 6.26 Å². The van der Waals surface area contributed by atoms with Crippen molar-refractivity contribution in [3.63, 3.8) is 0 Å². The lowest BCUT2D eigenvalue weighted by atomic mass is 10.1. The molecule has 1 aromatic carbocycles. The number of nitrogens with one attached hydrogen (secondary N) is 1. The molecule has 1 unspecified atom stereocenters. The summed E-state index contributed by atoms with van der Waals surface area (Å²) in [6.07, 6.45) is 1.57. The molecule has 0 radical (unpaired) electrons. The molecule has 18 heavy (non-hydrogen) atoms. The molecule has 1 aromatic heterocycles. The molecule has 5 heteroatoms. The number of H-pyrrole nitrogens is 1. The molecule has 0 bridgehead atoms. The summed E-state index contributed by atoms with van der Waals surface area (Å²) < 4.78 is 16.6. The molecule has 0 saturated carbocycles. The number of hydrogen-bond donors (Lipinski definition) is 1. The van der Waals surface area contributed by atoms with Gasteiger partial charge in [0, 0.05) is 11.6 Å². The van der Waals surface area contributed by atoms with Crippen molar-refractivity contribution < 1.29 is 13.7 Å². The van der Waals surface area contributed by atoms with Crippen molar-refractivity contribution in [3.8, 4) is 0 Å². The van der Waals surface area contributed by atoms with Gasteiger partial charge in [-0.3, -0.25) is 4.21 Å². The molecule has 4 nitrogen and oxygen atoms in total. The van der Waals surface area contributed by atoms with Gasteiger partial charge in [-0.25, -0.2) is 4.79 Å². The number of methoxy groups -OCH3 is 1. The van der Waals surface area contributed by atoms with Gasteiger partial charge >= 0.3 is 5.97 Å². The minimum Gasteiger partial charge on any atom is -0.464 e. The van der Waals surface area contributed by atoms with E-state index in [2.05, 4.69) is 4.98 Å². The predicted octanol–water partition coefficient (Wildman–Crippen LogP) is 2.31. The Morgan fingerprint density at radius 1 is 1.28 bits per heavy atom. The number of benzene rings is 1. The van der Waals surface area contributed by atoms with Crippen molar-refractivity contribution in [1.82, 2.24) is 4.98 Å². The van der Waals surface area contributed by atoms with Gasteiger partial charge in [0.25, 0.3) is 0 Å². The van der Waals surface area contributed by atoms with E-state index in [-0.39, 0.29) is 5.69 Å². The van der Waals surface area contributed by atoms with Gasteiger partial charge in [-0.1, -0.05) is 12.1 Å². The Morgan fingerprint density at radius 3 is 2.44 bits per heavy atom. The van der Waals surface area contributed by atoms with E-state index in [1.165, 1.54) is 7.11 Å². The second-order valence-corrected chi connectivity index (χ2v) is 5.54. The minimum absolute atomic E-state index is 0.283. The molecule has 1 atom stereocenters. The number of carbonyl (C=O) groups is 1. The first kappa shape index (κ1) is 12.8. The third kappa shape index (κ3) is 1.84. The van der Waals surface area contributed by atoms with Crippen LogP contribution in [0.15, 0.2) is 17.0 Å². The Hall–Kier alpha value is -1.62. The molecule has 2 rings (SSSR count). The highest BCUT2D eigenvalue weighted by Gasteiger charge is 2.22. The van der Waals surface area contributed by atoms with E-state index in [0.29, 0.717) is 4.90 Å². The van der Waals surface area contributed by atoms with E-state index >= 15 is 0 Å². The second kappa shape index (κ2) is 4.57. The zero-order valence-corrected chi connectivity index (χ0v) is 11.6. The first-order valence-electron chi connectivity index (χ1n) is 5.51. The summed E-state index contributed by atoms with van der Waals surface area (Å²) >= 11 is 0. The molecule has 0 saturated heterocycles. The Labute approximate surface area is 108 Å². The van der Waals surface area contributed by atoms with Crippen LogP contribution in [0.4, 0.5) is 0 Å². The molecular formula is C13H15NO3S. The quantitative estimate of drug-likeness (QED) is 0.848. The maximum absolute atomic E-state index is 11.9. The summed E-state index contributed by atoms with van der Waals surface area (Å²) in [6.45, 7) is 3.88. The fraction of sp³-hybridized carbons (Fsp3) is 0.308. The Bertz CT molecular complexity index is 658. The maximum Gasteiger partial charge on any atom is 0.355 e. The van der Waals surface area contributed by atoms with E-state index in [1.807, 2.05) is 26.0 Å². The molecule has 96 valence electrons. The van der Waals surface area contributed by atoms with Crippen LogP contribution in [0.5, 0.6) is 0 Å². The van der Waals surface area contributed by atoms with Crippen molar-refractivity contribution in [2.75, 3.05) is 13.4 Å². The number of ether oxygens (including phenoxy) is 1. The van der Waals surface area contributed by atoms with Crippen LogP contribution in [0.25, 0.3) is 10.9 Å². The van der Waals surface area contributed by atoms with E-state index < -0.39 is 16.8 Å². The molecule has 0 amide bonds. The number of hydrogen-bond acceptors (Lipinski definition) is 3. The lowest BCUT2D eigenvalue weighted by molar-refractivity contribution is 0.0591. The van der Waals surface area contributed by atoms with Crippen molar-refractivity contribution in [2.45, 2.75) is 18.7 Å². The highest BCUT2D eigenvalue weighted by Crippen LogP contribution is 2.30. The van der Waals surface area contributed by atoms with Gasteiger partial charge in [-0.15, -0.1) is 0 Å². The lowest BCUT2D eigenvalue weighted by Gasteiger charge is -2.02. The van der Waals surface area contributed by atoms with Crippen LogP contribution in [0.3, 0.4) is 0 Å². The topological polar surface area (TPSA) is 59.2 Å². The monoisotopic (exact) mass is 265 g/mol. The first-order chi connectivity index (χ1) is 8.47. The lowest BCUT2D eigenvalue weighted by Crippen LogP contribution is -2.05. The number of rotatable bonds is 2. The van der Waals surface area contributed by atoms with Crippen molar-refractivity contribution in [1.29, 1.82) is 0 Å². The van der Waals surface area contributed by atoms with Crippen molar-refractivity contribution >= 4 is 27.7 Å². The van der Waals surface area contributed by atoms with E-state index in [9.17, 15) is 9.00 Å². The zero-order valence-electron chi connectivity index (χ0n) is 10.8. The number of aryl methyl sites for hydroxylation is 2. The Kier molecular flexibility index (Phi) is 3.26. The molecule has 2 aromatic rings. The number of carbonyl (C=O) groups excluding carboxylic acids is 1. The average Bonchev–Trinajstić information content (AvgIpc) is 2.74. The first-order valence-corrected chi connectivity index (χ1v) is 7.06. The largest absolute Gasteiger partial charge is 0.464 e. The van der Waals surface area contributed by atoms with Crippen molar-refractivity contribution in [3.05, 3.63) is 29.0 Å². The predicted molar refractivity (Wildman–Crippen MR) is 71.4 cm³/mol. The fourth-order valence-corrected chi connectivity index (χ4v) is 3.08. The maximum atomic E-state index is 11.9. The molecule has 0 spiro atoms. The van der Waals surface area contributed by atoms with E-state index in [0.717, 1.165) is 22.0 Å². The molecule has 0 aliphatic rings. The van der Waals surface area contributed by atoms with Crippen LogP contribution in [-0.4, -0.2) is 28.5 Å². The summed E-state index contributed by atoms with van der Waals surface area (Å²) in [6, 6.07) is 3.93.